The third kappa shape index (κ3) is 2.65. The highest BCUT2D eigenvalue weighted by atomic mass is 19.4. The van der Waals surface area contributed by atoms with Crippen LogP contribution in [0.4, 0.5) is 19.1 Å². The van der Waals surface area contributed by atoms with E-state index in [1.54, 1.807) is 25.6 Å². The molecule has 0 aromatic carbocycles. The Morgan fingerprint density at radius 2 is 1.90 bits per heavy atom. The van der Waals surface area contributed by atoms with E-state index in [2.05, 4.69) is 15.1 Å². The number of aromatic nitrogens is 4. The predicted molar refractivity (Wildman–Crippen MR) is 64.2 cm³/mol. The zero-order valence-electron chi connectivity index (χ0n) is 11.0. The molecule has 0 atom stereocenters. The molecule has 20 heavy (non-hydrogen) atoms. The van der Waals surface area contributed by atoms with Crippen molar-refractivity contribution >= 4 is 5.95 Å². The Hall–Kier alpha value is -2.32. The lowest BCUT2D eigenvalue weighted by Crippen LogP contribution is -2.11. The van der Waals surface area contributed by atoms with E-state index in [1.165, 1.54) is 0 Å². The summed E-state index contributed by atoms with van der Waals surface area (Å²) in [4.78, 5) is 6.78. The molecule has 0 radical (unpaired) electrons. The smallest absolute Gasteiger partial charge is 0.433 e. The molecule has 0 spiro atoms. The zero-order chi connectivity index (χ0) is 15.1. The van der Waals surface area contributed by atoms with Crippen LogP contribution in [0, 0.1) is 13.8 Å². The fourth-order valence-electron chi connectivity index (χ4n) is 1.65. The van der Waals surface area contributed by atoms with Gasteiger partial charge in [-0.25, -0.2) is 4.98 Å². The number of hydrogen-bond acceptors (Lipinski definition) is 5. The Morgan fingerprint density at radius 1 is 1.25 bits per heavy atom. The Bertz CT molecular complexity index is 650. The summed E-state index contributed by atoms with van der Waals surface area (Å²) in [6.07, 6.45) is -4.62. The number of alkyl halides is 3. The molecule has 0 unspecified atom stereocenters. The monoisotopic (exact) mass is 287 g/mol. The number of nitrogens with two attached hydrogens (primary N) is 1. The second-order valence-corrected chi connectivity index (χ2v) is 4.17. The molecule has 108 valence electrons. The van der Waals surface area contributed by atoms with E-state index >= 15 is 0 Å². The lowest BCUT2D eigenvalue weighted by molar-refractivity contribution is -0.141. The van der Waals surface area contributed by atoms with Gasteiger partial charge in [0.2, 0.25) is 11.8 Å². The largest absolute Gasteiger partial charge is 0.435 e. The first-order valence-corrected chi connectivity index (χ1v) is 5.58. The number of rotatable bonds is 2. The summed E-state index contributed by atoms with van der Waals surface area (Å²) in [7, 11) is 1.70. The summed E-state index contributed by atoms with van der Waals surface area (Å²) in [5.41, 5.74) is 5.31. The number of hydrogen-bond donors (Lipinski definition) is 1. The summed E-state index contributed by atoms with van der Waals surface area (Å²) >= 11 is 0. The van der Waals surface area contributed by atoms with Gasteiger partial charge >= 0.3 is 6.18 Å². The van der Waals surface area contributed by atoms with Crippen LogP contribution in [0.3, 0.4) is 0 Å². The highest BCUT2D eigenvalue weighted by molar-refractivity contribution is 5.37. The van der Waals surface area contributed by atoms with Crippen LogP contribution in [0.2, 0.25) is 0 Å². The number of nitrogens with zero attached hydrogens (tertiary/aromatic N) is 4. The summed E-state index contributed by atoms with van der Waals surface area (Å²) in [5, 5.41) is 4.10. The Balaban J connectivity index is 2.41. The minimum absolute atomic E-state index is 0.274. The Morgan fingerprint density at radius 3 is 2.40 bits per heavy atom. The van der Waals surface area contributed by atoms with Crippen molar-refractivity contribution in [3.8, 4) is 11.6 Å². The highest BCUT2D eigenvalue weighted by Gasteiger charge is 2.34. The molecule has 0 aliphatic rings. The van der Waals surface area contributed by atoms with Gasteiger partial charge in [0.15, 0.2) is 11.4 Å². The van der Waals surface area contributed by atoms with E-state index in [9.17, 15) is 13.2 Å². The molecule has 2 heterocycles. The van der Waals surface area contributed by atoms with Crippen molar-refractivity contribution in [2.75, 3.05) is 5.73 Å². The minimum Gasteiger partial charge on any atom is -0.435 e. The van der Waals surface area contributed by atoms with Crippen LogP contribution in [0.5, 0.6) is 11.6 Å². The quantitative estimate of drug-likeness (QED) is 0.916. The average molecular weight is 287 g/mol. The van der Waals surface area contributed by atoms with E-state index in [4.69, 9.17) is 10.5 Å². The number of anilines is 1. The van der Waals surface area contributed by atoms with Crippen LogP contribution >= 0.6 is 0 Å². The van der Waals surface area contributed by atoms with Crippen molar-refractivity contribution in [1.82, 2.24) is 19.7 Å². The second-order valence-electron chi connectivity index (χ2n) is 4.17. The van der Waals surface area contributed by atoms with Gasteiger partial charge in [-0.3, -0.25) is 4.68 Å². The number of aryl methyl sites for hydroxylation is 2. The second kappa shape index (κ2) is 4.66. The molecule has 0 fully saturated rings. The third-order valence-electron chi connectivity index (χ3n) is 2.66. The van der Waals surface area contributed by atoms with Crippen molar-refractivity contribution in [3.63, 3.8) is 0 Å². The van der Waals surface area contributed by atoms with Crippen LogP contribution in [0.25, 0.3) is 0 Å². The molecule has 0 saturated heterocycles. The normalized spacial score (nSPS) is 11.7. The van der Waals surface area contributed by atoms with Crippen LogP contribution in [-0.2, 0) is 13.2 Å². The van der Waals surface area contributed by atoms with Crippen LogP contribution < -0.4 is 10.5 Å². The first kappa shape index (κ1) is 14.1. The van der Waals surface area contributed by atoms with Crippen molar-refractivity contribution < 1.29 is 17.9 Å². The van der Waals surface area contributed by atoms with Crippen molar-refractivity contribution in [1.29, 1.82) is 0 Å². The maximum atomic E-state index is 12.6. The van der Waals surface area contributed by atoms with Gasteiger partial charge in [-0.05, 0) is 13.8 Å². The molecule has 0 saturated carbocycles. The summed E-state index contributed by atoms with van der Waals surface area (Å²) in [5.74, 6) is -0.434. The molecule has 2 aromatic rings. The molecular weight excluding hydrogens is 275 g/mol. The predicted octanol–water partition coefficient (Wildman–Crippen LogP) is 2.22. The molecule has 2 rings (SSSR count). The highest BCUT2D eigenvalue weighted by Crippen LogP contribution is 2.32. The van der Waals surface area contributed by atoms with Gasteiger partial charge < -0.3 is 10.5 Å². The molecule has 6 nitrogen and oxygen atoms in total. The topological polar surface area (TPSA) is 78.8 Å². The lowest BCUT2D eigenvalue weighted by atomic mass is 10.3. The van der Waals surface area contributed by atoms with E-state index in [1.807, 2.05) is 0 Å². The van der Waals surface area contributed by atoms with Gasteiger partial charge in [0.25, 0.3) is 0 Å². The summed E-state index contributed by atoms with van der Waals surface area (Å²) < 4.78 is 44.8. The van der Waals surface area contributed by atoms with Gasteiger partial charge in [0.1, 0.15) is 5.69 Å². The Kier molecular flexibility index (Phi) is 3.28. The van der Waals surface area contributed by atoms with E-state index in [0.29, 0.717) is 23.2 Å². The third-order valence-corrected chi connectivity index (χ3v) is 2.66. The SMILES string of the molecule is Cc1nn(C)c(C)c1Oc1cc(C(F)(F)F)nc(N)n1. The maximum Gasteiger partial charge on any atom is 0.433 e. The standard InChI is InChI=1S/C11H12F3N5O/c1-5-9(6(2)19(3)18-5)20-8-4-7(11(12,13)14)16-10(15)17-8/h4H,1-3H3,(H2,15,16,17). The van der Waals surface area contributed by atoms with Gasteiger partial charge in [-0.1, -0.05) is 0 Å². The zero-order valence-corrected chi connectivity index (χ0v) is 11.0. The van der Waals surface area contributed by atoms with Gasteiger partial charge in [-0.2, -0.15) is 23.3 Å². The minimum atomic E-state index is -4.62. The molecule has 0 bridgehead atoms. The average Bonchev–Trinajstić information content (AvgIpc) is 2.54. The molecule has 2 aromatic heterocycles. The fraction of sp³-hybridized carbons (Fsp3) is 0.364. The van der Waals surface area contributed by atoms with E-state index in [0.717, 1.165) is 0 Å². The Labute approximate surface area is 112 Å². The molecule has 2 N–H and O–H groups in total. The number of halogens is 3. The maximum absolute atomic E-state index is 12.6. The molecular formula is C11H12F3N5O. The number of ether oxygens (including phenoxy) is 1. The van der Waals surface area contributed by atoms with Crippen LogP contribution in [0.1, 0.15) is 17.1 Å². The van der Waals surface area contributed by atoms with Gasteiger partial charge in [-0.15, -0.1) is 0 Å². The van der Waals surface area contributed by atoms with Crippen molar-refractivity contribution in [2.24, 2.45) is 7.05 Å². The molecule has 0 aliphatic heterocycles. The fourth-order valence-corrected chi connectivity index (χ4v) is 1.65. The number of nitrogen functional groups attached to an aromatic ring is 1. The van der Waals surface area contributed by atoms with Crippen LogP contribution in [-0.4, -0.2) is 19.7 Å². The molecule has 0 amide bonds. The molecule has 9 heteroatoms. The lowest BCUT2D eigenvalue weighted by Gasteiger charge is -2.09. The van der Waals surface area contributed by atoms with E-state index < -0.39 is 17.8 Å². The van der Waals surface area contributed by atoms with Crippen LogP contribution in [0.15, 0.2) is 6.07 Å². The van der Waals surface area contributed by atoms with E-state index in [-0.39, 0.29) is 5.88 Å². The first-order valence-electron chi connectivity index (χ1n) is 5.58. The van der Waals surface area contributed by atoms with Crippen molar-refractivity contribution in [2.45, 2.75) is 20.0 Å². The van der Waals surface area contributed by atoms with Crippen molar-refractivity contribution in [3.05, 3.63) is 23.1 Å². The first-order chi connectivity index (χ1) is 9.18. The van der Waals surface area contributed by atoms with Gasteiger partial charge in [0, 0.05) is 13.1 Å². The molecule has 0 aliphatic carbocycles. The van der Waals surface area contributed by atoms with Gasteiger partial charge in [0.05, 0.1) is 5.69 Å². The summed E-state index contributed by atoms with van der Waals surface area (Å²) in [6, 6.07) is 0.697. The summed E-state index contributed by atoms with van der Waals surface area (Å²) in [6.45, 7) is 3.40.